The summed E-state index contributed by atoms with van der Waals surface area (Å²) in [5.41, 5.74) is 2.62. The summed E-state index contributed by atoms with van der Waals surface area (Å²) in [5.74, 6) is 1.42. The standard InChI is InChI=1S/C29H28N10O2/c1-3-14-38-28(41)23-19-32-29(33-21-8-10-22(11-9-21)37-17-15-36(16-18-37)20(2)40)35-27(23)39(38)25-7-4-6-24(34-25)26-30-12-5-13-31-26/h3-13,19H,1,14-18H2,2H3,(H,32,33,35). The van der Waals surface area contributed by atoms with Gasteiger partial charge in [0.1, 0.15) is 11.1 Å². The van der Waals surface area contributed by atoms with Crippen molar-refractivity contribution in [3.8, 4) is 17.3 Å². The van der Waals surface area contributed by atoms with Crippen LogP contribution in [-0.4, -0.2) is 71.3 Å². The fraction of sp³-hybridized carbons (Fsp3) is 0.207. The number of rotatable bonds is 7. The van der Waals surface area contributed by atoms with Gasteiger partial charge < -0.3 is 15.1 Å². The Balaban J connectivity index is 1.31. The van der Waals surface area contributed by atoms with Crippen LogP contribution in [0.4, 0.5) is 17.3 Å². The Morgan fingerprint density at radius 2 is 1.73 bits per heavy atom. The molecule has 0 saturated carbocycles. The second-order valence-electron chi connectivity index (χ2n) is 9.54. The number of anilines is 3. The number of nitrogens with zero attached hydrogens (tertiary/aromatic N) is 9. The van der Waals surface area contributed by atoms with Crippen molar-refractivity contribution in [3.63, 3.8) is 0 Å². The number of carbonyl (C=O) groups is 1. The van der Waals surface area contributed by atoms with Crippen molar-refractivity contribution >= 4 is 34.3 Å². The monoisotopic (exact) mass is 548 g/mol. The zero-order valence-corrected chi connectivity index (χ0v) is 22.5. The summed E-state index contributed by atoms with van der Waals surface area (Å²) < 4.78 is 3.19. The normalized spacial score (nSPS) is 13.4. The van der Waals surface area contributed by atoms with E-state index in [0.29, 0.717) is 47.4 Å². The predicted molar refractivity (Wildman–Crippen MR) is 156 cm³/mol. The Morgan fingerprint density at radius 1 is 0.976 bits per heavy atom. The Labute approximate surface area is 235 Å². The highest BCUT2D eigenvalue weighted by atomic mass is 16.2. The van der Waals surface area contributed by atoms with Gasteiger partial charge in [0.2, 0.25) is 11.9 Å². The van der Waals surface area contributed by atoms with E-state index in [-0.39, 0.29) is 18.0 Å². The first-order valence-corrected chi connectivity index (χ1v) is 13.2. The predicted octanol–water partition coefficient (Wildman–Crippen LogP) is 3.03. The number of carbonyl (C=O) groups excluding carboxylic acids is 1. The van der Waals surface area contributed by atoms with Crippen molar-refractivity contribution in [3.05, 3.63) is 90.1 Å². The summed E-state index contributed by atoms with van der Waals surface area (Å²) in [6, 6.07) is 15.2. The van der Waals surface area contributed by atoms with Crippen molar-refractivity contribution < 1.29 is 4.79 Å². The summed E-state index contributed by atoms with van der Waals surface area (Å²) in [4.78, 5) is 51.5. The number of hydrogen-bond donors (Lipinski definition) is 1. The van der Waals surface area contributed by atoms with Crippen LogP contribution in [0.1, 0.15) is 6.92 Å². The molecule has 12 heteroatoms. The molecule has 0 radical (unpaired) electrons. The van der Waals surface area contributed by atoms with Crippen molar-refractivity contribution in [2.75, 3.05) is 36.4 Å². The molecule has 6 rings (SSSR count). The number of piperazine rings is 1. The van der Waals surface area contributed by atoms with E-state index < -0.39 is 0 Å². The van der Waals surface area contributed by atoms with Crippen LogP contribution < -0.4 is 15.8 Å². The lowest BCUT2D eigenvalue weighted by Crippen LogP contribution is -2.48. The summed E-state index contributed by atoms with van der Waals surface area (Å²) in [6.07, 6.45) is 6.48. The zero-order valence-electron chi connectivity index (χ0n) is 22.5. The van der Waals surface area contributed by atoms with Gasteiger partial charge in [0, 0.05) is 63.1 Å². The van der Waals surface area contributed by atoms with Crippen LogP contribution in [0.25, 0.3) is 28.4 Å². The van der Waals surface area contributed by atoms with Crippen LogP contribution in [0, 0.1) is 0 Å². The number of aromatic nitrogens is 7. The molecular formula is C29H28N10O2. The maximum Gasteiger partial charge on any atom is 0.278 e. The van der Waals surface area contributed by atoms with Crippen LogP contribution in [0.2, 0.25) is 0 Å². The van der Waals surface area contributed by atoms with Crippen molar-refractivity contribution in [2.45, 2.75) is 13.5 Å². The lowest BCUT2D eigenvalue weighted by atomic mass is 10.2. The van der Waals surface area contributed by atoms with Crippen molar-refractivity contribution in [1.82, 2.24) is 39.2 Å². The number of allylic oxidation sites excluding steroid dienone is 1. The molecule has 1 N–H and O–H groups in total. The number of pyridine rings is 1. The fourth-order valence-electron chi connectivity index (χ4n) is 4.87. The van der Waals surface area contributed by atoms with Gasteiger partial charge in [-0.1, -0.05) is 12.1 Å². The van der Waals surface area contributed by atoms with Gasteiger partial charge in [-0.3, -0.25) is 9.59 Å². The number of amides is 1. The topological polar surface area (TPSA) is 127 Å². The molecule has 5 aromatic rings. The second-order valence-corrected chi connectivity index (χ2v) is 9.54. The van der Waals surface area contributed by atoms with Gasteiger partial charge in [0.15, 0.2) is 17.3 Å². The van der Waals surface area contributed by atoms with Crippen LogP contribution in [0.5, 0.6) is 0 Å². The SMILES string of the molecule is C=CCn1c(=O)c2cnc(Nc3ccc(N4CCN(C(C)=O)CC4)cc3)nc2n1-c1cccc(-c2ncccn2)n1. The Hall–Kier alpha value is -5.39. The molecule has 0 bridgehead atoms. The molecule has 0 unspecified atom stereocenters. The molecule has 0 aliphatic carbocycles. The maximum atomic E-state index is 13.3. The number of fused-ring (bicyclic) bond motifs is 1. The summed E-state index contributed by atoms with van der Waals surface area (Å²) in [5, 5.41) is 3.61. The summed E-state index contributed by atoms with van der Waals surface area (Å²) >= 11 is 0. The van der Waals surface area contributed by atoms with Crippen LogP contribution in [-0.2, 0) is 11.3 Å². The molecule has 1 aliphatic heterocycles. The van der Waals surface area contributed by atoms with Crippen molar-refractivity contribution in [2.24, 2.45) is 0 Å². The molecule has 1 aliphatic rings. The number of hydrogen-bond acceptors (Lipinski definition) is 9. The average molecular weight is 549 g/mol. The first-order valence-electron chi connectivity index (χ1n) is 13.2. The minimum atomic E-state index is -0.246. The largest absolute Gasteiger partial charge is 0.368 e. The van der Waals surface area contributed by atoms with Crippen molar-refractivity contribution in [1.29, 1.82) is 0 Å². The zero-order chi connectivity index (χ0) is 28.3. The van der Waals surface area contributed by atoms with Gasteiger partial charge in [-0.05, 0) is 42.5 Å². The smallest absolute Gasteiger partial charge is 0.278 e. The highest BCUT2D eigenvalue weighted by molar-refractivity contribution is 5.77. The molecule has 41 heavy (non-hydrogen) atoms. The maximum absolute atomic E-state index is 13.3. The second kappa shape index (κ2) is 11.0. The average Bonchev–Trinajstić information content (AvgIpc) is 3.28. The van der Waals surface area contributed by atoms with E-state index in [1.807, 2.05) is 41.3 Å². The van der Waals surface area contributed by atoms with Gasteiger partial charge in [0.25, 0.3) is 5.56 Å². The lowest BCUT2D eigenvalue weighted by molar-refractivity contribution is -0.129. The van der Waals surface area contributed by atoms with Gasteiger partial charge >= 0.3 is 0 Å². The summed E-state index contributed by atoms with van der Waals surface area (Å²) in [6.45, 7) is 8.68. The third-order valence-corrected chi connectivity index (χ3v) is 6.94. The molecule has 1 saturated heterocycles. The van der Waals surface area contributed by atoms with Gasteiger partial charge in [-0.15, -0.1) is 6.58 Å². The minimum absolute atomic E-state index is 0.111. The lowest BCUT2D eigenvalue weighted by Gasteiger charge is -2.35. The van der Waals surface area contributed by atoms with Gasteiger partial charge in [0.05, 0.1) is 6.54 Å². The Kier molecular flexibility index (Phi) is 6.94. The third-order valence-electron chi connectivity index (χ3n) is 6.94. The number of nitrogens with one attached hydrogen (secondary N) is 1. The molecule has 1 aromatic carbocycles. The van der Waals surface area contributed by atoms with E-state index in [2.05, 4.69) is 31.7 Å². The first-order chi connectivity index (χ1) is 20.0. The van der Waals surface area contributed by atoms with E-state index in [9.17, 15) is 9.59 Å². The molecule has 5 heterocycles. The minimum Gasteiger partial charge on any atom is -0.368 e. The van der Waals surface area contributed by atoms with E-state index in [1.165, 1.54) is 10.9 Å². The Bertz CT molecular complexity index is 1770. The molecule has 1 amide bonds. The molecule has 4 aromatic heterocycles. The summed E-state index contributed by atoms with van der Waals surface area (Å²) in [7, 11) is 0. The van der Waals surface area contributed by atoms with E-state index >= 15 is 0 Å². The van der Waals surface area contributed by atoms with Crippen LogP contribution >= 0.6 is 0 Å². The fourth-order valence-corrected chi connectivity index (χ4v) is 4.87. The Morgan fingerprint density at radius 3 is 2.44 bits per heavy atom. The van der Waals surface area contributed by atoms with Gasteiger partial charge in [-0.25, -0.2) is 29.3 Å². The van der Waals surface area contributed by atoms with Gasteiger partial charge in [-0.2, -0.15) is 4.98 Å². The highest BCUT2D eigenvalue weighted by Crippen LogP contribution is 2.23. The molecule has 12 nitrogen and oxygen atoms in total. The quantitative estimate of drug-likeness (QED) is 0.305. The molecule has 1 fully saturated rings. The van der Waals surface area contributed by atoms with E-state index in [0.717, 1.165) is 24.5 Å². The van der Waals surface area contributed by atoms with Crippen LogP contribution in [0.15, 0.2) is 84.6 Å². The number of benzene rings is 1. The molecule has 0 atom stereocenters. The van der Waals surface area contributed by atoms with Crippen LogP contribution in [0.3, 0.4) is 0 Å². The molecular weight excluding hydrogens is 520 g/mol. The van der Waals surface area contributed by atoms with E-state index in [4.69, 9.17) is 9.97 Å². The molecule has 206 valence electrons. The highest BCUT2D eigenvalue weighted by Gasteiger charge is 2.20. The first kappa shape index (κ1) is 25.9. The van der Waals surface area contributed by atoms with E-state index in [1.54, 1.807) is 42.2 Å². The third kappa shape index (κ3) is 5.14. The molecule has 0 spiro atoms.